The lowest BCUT2D eigenvalue weighted by molar-refractivity contribution is -0.120. The number of amides is 1. The molecule has 0 unspecified atom stereocenters. The molecule has 0 fully saturated rings. The van der Waals surface area contributed by atoms with Gasteiger partial charge in [0.1, 0.15) is 0 Å². The van der Waals surface area contributed by atoms with Gasteiger partial charge in [0.25, 0.3) is 0 Å². The van der Waals surface area contributed by atoms with E-state index < -0.39 is 0 Å². The third kappa shape index (κ3) is 5.39. The normalized spacial score (nSPS) is 10.8. The van der Waals surface area contributed by atoms with Crippen LogP contribution >= 0.6 is 12.2 Å². The van der Waals surface area contributed by atoms with E-state index in [0.29, 0.717) is 17.5 Å². The van der Waals surface area contributed by atoms with Gasteiger partial charge in [-0.2, -0.15) is 5.10 Å². The van der Waals surface area contributed by atoms with Crippen LogP contribution in [0.15, 0.2) is 24.3 Å². The lowest BCUT2D eigenvalue weighted by atomic mass is 10.0. The van der Waals surface area contributed by atoms with Crippen molar-refractivity contribution in [1.29, 1.82) is 0 Å². The first-order valence-corrected chi connectivity index (χ1v) is 8.86. The summed E-state index contributed by atoms with van der Waals surface area (Å²) in [5, 5.41) is 10.5. The first-order valence-electron chi connectivity index (χ1n) is 8.45. The molecule has 0 bridgehead atoms. The number of benzene rings is 1. The van der Waals surface area contributed by atoms with Gasteiger partial charge in [-0.25, -0.2) is 0 Å². The Kier molecular flexibility index (Phi) is 6.31. The molecule has 0 aliphatic heterocycles. The monoisotopic (exact) mass is 358 g/mol. The molecule has 0 saturated heterocycles. The highest BCUT2D eigenvalue weighted by Crippen LogP contribution is 2.18. The number of thiocarbonyl (C=S) groups is 1. The zero-order valence-electron chi connectivity index (χ0n) is 15.5. The first-order chi connectivity index (χ1) is 11.8. The number of aryl methyl sites for hydroxylation is 2. The van der Waals surface area contributed by atoms with Crippen molar-refractivity contribution in [3.63, 3.8) is 0 Å². The number of rotatable bonds is 5. The van der Waals surface area contributed by atoms with Gasteiger partial charge in [0, 0.05) is 36.8 Å². The molecule has 1 aromatic heterocycles. The molecule has 0 spiro atoms. The second-order valence-electron chi connectivity index (χ2n) is 6.75. The zero-order chi connectivity index (χ0) is 18.6. The minimum Gasteiger partial charge on any atom is -0.332 e. The zero-order valence-corrected chi connectivity index (χ0v) is 16.3. The minimum atomic E-state index is -0.0633. The van der Waals surface area contributed by atoms with E-state index in [4.69, 9.17) is 12.2 Å². The number of nitrogens with one attached hydrogen (secondary N) is 2. The van der Waals surface area contributed by atoms with Crippen LogP contribution in [-0.4, -0.2) is 20.8 Å². The Morgan fingerprint density at radius 1 is 1.24 bits per heavy atom. The summed E-state index contributed by atoms with van der Waals surface area (Å²) < 4.78 is 1.92. The van der Waals surface area contributed by atoms with E-state index in [2.05, 4.69) is 34.8 Å². The third-order valence-electron chi connectivity index (χ3n) is 4.10. The van der Waals surface area contributed by atoms with Crippen LogP contribution in [0.4, 0.5) is 5.69 Å². The first kappa shape index (κ1) is 19.1. The minimum absolute atomic E-state index is 0.0633. The lowest BCUT2D eigenvalue weighted by Crippen LogP contribution is -2.34. The maximum Gasteiger partial charge on any atom is 0.226 e. The smallest absolute Gasteiger partial charge is 0.226 e. The Balaban J connectivity index is 1.95. The van der Waals surface area contributed by atoms with Crippen molar-refractivity contribution in [2.75, 3.05) is 5.32 Å². The van der Waals surface area contributed by atoms with E-state index in [9.17, 15) is 4.79 Å². The molecule has 5 nitrogen and oxygen atoms in total. The summed E-state index contributed by atoms with van der Waals surface area (Å²) in [5.41, 5.74) is 5.59. The molecule has 2 N–H and O–H groups in total. The van der Waals surface area contributed by atoms with Crippen LogP contribution in [0.3, 0.4) is 0 Å². The quantitative estimate of drug-likeness (QED) is 0.804. The SMILES string of the molecule is Cc1nn(C)c(C)c1Cc1ccc(NC(=S)NC(=O)CC(C)C)cc1. The molecule has 1 heterocycles. The van der Waals surface area contributed by atoms with Crippen molar-refractivity contribution < 1.29 is 4.79 Å². The summed E-state index contributed by atoms with van der Waals surface area (Å²) in [6.45, 7) is 8.13. The molecule has 6 heteroatoms. The van der Waals surface area contributed by atoms with Crippen LogP contribution in [0.25, 0.3) is 0 Å². The van der Waals surface area contributed by atoms with Crippen LogP contribution in [0, 0.1) is 19.8 Å². The molecule has 0 radical (unpaired) electrons. The molecular weight excluding hydrogens is 332 g/mol. The van der Waals surface area contributed by atoms with E-state index in [1.54, 1.807) is 0 Å². The van der Waals surface area contributed by atoms with Crippen molar-refractivity contribution in [3.8, 4) is 0 Å². The maximum absolute atomic E-state index is 11.7. The van der Waals surface area contributed by atoms with Gasteiger partial charge in [-0.1, -0.05) is 26.0 Å². The van der Waals surface area contributed by atoms with E-state index >= 15 is 0 Å². The fourth-order valence-electron chi connectivity index (χ4n) is 2.69. The Morgan fingerprint density at radius 3 is 2.40 bits per heavy atom. The van der Waals surface area contributed by atoms with Crippen LogP contribution in [-0.2, 0) is 18.3 Å². The Morgan fingerprint density at radius 2 is 1.88 bits per heavy atom. The van der Waals surface area contributed by atoms with Crippen molar-refractivity contribution in [2.45, 2.75) is 40.5 Å². The van der Waals surface area contributed by atoms with Crippen LogP contribution in [0.2, 0.25) is 0 Å². The summed E-state index contributed by atoms with van der Waals surface area (Å²) in [5.74, 6) is 0.244. The largest absolute Gasteiger partial charge is 0.332 e. The Labute approximate surface area is 154 Å². The highest BCUT2D eigenvalue weighted by atomic mass is 32.1. The molecule has 134 valence electrons. The molecular formula is C19H26N4OS. The van der Waals surface area contributed by atoms with Crippen molar-refractivity contribution >= 4 is 28.9 Å². The van der Waals surface area contributed by atoms with Crippen LogP contribution in [0.1, 0.15) is 42.8 Å². The maximum atomic E-state index is 11.7. The molecule has 0 saturated carbocycles. The number of nitrogens with zero attached hydrogens (tertiary/aromatic N) is 2. The van der Waals surface area contributed by atoms with E-state index in [1.165, 1.54) is 16.8 Å². The second-order valence-corrected chi connectivity index (χ2v) is 7.16. The fraction of sp³-hybridized carbons (Fsp3) is 0.421. The van der Waals surface area contributed by atoms with E-state index in [1.807, 2.05) is 44.6 Å². The number of aromatic nitrogens is 2. The highest BCUT2D eigenvalue weighted by Gasteiger charge is 2.10. The van der Waals surface area contributed by atoms with Crippen LogP contribution < -0.4 is 10.6 Å². The predicted molar refractivity (Wildman–Crippen MR) is 106 cm³/mol. The number of hydrogen-bond donors (Lipinski definition) is 2. The van der Waals surface area contributed by atoms with Gasteiger partial charge >= 0.3 is 0 Å². The second kappa shape index (κ2) is 8.25. The molecule has 1 amide bonds. The summed E-state index contributed by atoms with van der Waals surface area (Å²) in [7, 11) is 1.97. The van der Waals surface area contributed by atoms with Gasteiger partial charge in [-0.15, -0.1) is 0 Å². The molecule has 1 aromatic carbocycles. The average molecular weight is 359 g/mol. The highest BCUT2D eigenvalue weighted by molar-refractivity contribution is 7.80. The number of carbonyl (C=O) groups excluding carboxylic acids is 1. The number of carbonyl (C=O) groups is 1. The summed E-state index contributed by atoms with van der Waals surface area (Å²) >= 11 is 5.19. The van der Waals surface area contributed by atoms with E-state index in [-0.39, 0.29) is 5.91 Å². The predicted octanol–water partition coefficient (Wildman–Crippen LogP) is 3.49. The van der Waals surface area contributed by atoms with Crippen molar-refractivity contribution in [2.24, 2.45) is 13.0 Å². The Bertz CT molecular complexity index is 762. The topological polar surface area (TPSA) is 59.0 Å². The van der Waals surface area contributed by atoms with Gasteiger partial charge in [-0.05, 0) is 49.7 Å². The molecule has 0 aliphatic carbocycles. The van der Waals surface area contributed by atoms with Gasteiger partial charge in [0.15, 0.2) is 5.11 Å². The van der Waals surface area contributed by atoms with Gasteiger partial charge in [-0.3, -0.25) is 9.48 Å². The molecule has 0 atom stereocenters. The van der Waals surface area contributed by atoms with Crippen molar-refractivity contribution in [1.82, 2.24) is 15.1 Å². The summed E-state index contributed by atoms with van der Waals surface area (Å²) in [6.07, 6.45) is 1.31. The summed E-state index contributed by atoms with van der Waals surface area (Å²) in [6, 6.07) is 8.06. The van der Waals surface area contributed by atoms with Gasteiger partial charge in [0.2, 0.25) is 5.91 Å². The average Bonchev–Trinajstić information content (AvgIpc) is 2.74. The fourth-order valence-corrected chi connectivity index (χ4v) is 2.93. The molecule has 0 aliphatic rings. The van der Waals surface area contributed by atoms with Gasteiger partial charge in [0.05, 0.1) is 5.69 Å². The lowest BCUT2D eigenvalue weighted by Gasteiger charge is -2.11. The Hall–Kier alpha value is -2.21. The molecule has 2 rings (SSSR count). The summed E-state index contributed by atoms with van der Waals surface area (Å²) in [4.78, 5) is 11.7. The number of anilines is 1. The third-order valence-corrected chi connectivity index (χ3v) is 4.30. The molecule has 25 heavy (non-hydrogen) atoms. The van der Waals surface area contributed by atoms with Crippen molar-refractivity contribution in [3.05, 3.63) is 46.8 Å². The number of hydrogen-bond acceptors (Lipinski definition) is 3. The molecule has 2 aromatic rings. The van der Waals surface area contributed by atoms with Gasteiger partial charge < -0.3 is 10.6 Å². The van der Waals surface area contributed by atoms with E-state index in [0.717, 1.165) is 17.8 Å². The standard InChI is InChI=1S/C19H26N4OS/c1-12(2)10-18(24)21-19(25)20-16-8-6-15(7-9-16)11-17-13(3)22-23(5)14(17)4/h6-9,12H,10-11H2,1-5H3,(H2,20,21,24,25). The van der Waals surface area contributed by atoms with Crippen LogP contribution in [0.5, 0.6) is 0 Å².